The Bertz CT molecular complexity index is 630. The van der Waals surface area contributed by atoms with Crippen molar-refractivity contribution in [3.8, 4) is 0 Å². The summed E-state index contributed by atoms with van der Waals surface area (Å²) in [6.07, 6.45) is 6.42. The summed E-state index contributed by atoms with van der Waals surface area (Å²) in [5, 5.41) is 4.07. The molecule has 23 heavy (non-hydrogen) atoms. The van der Waals surface area contributed by atoms with Crippen LogP contribution in [0.1, 0.15) is 54.4 Å². The molecular weight excluding hydrogens is 336 g/mol. The number of carbonyl (C=O) groups is 1. The molecular formula is C14H24N4O3S2. The van der Waals surface area contributed by atoms with Crippen LogP contribution in [0.5, 0.6) is 0 Å². The Balaban J connectivity index is 2.05. The van der Waals surface area contributed by atoms with Crippen LogP contribution in [-0.2, 0) is 16.4 Å². The van der Waals surface area contributed by atoms with E-state index in [0.717, 1.165) is 55.6 Å². The number of nitrogens with zero attached hydrogens (tertiary/aromatic N) is 3. The van der Waals surface area contributed by atoms with Crippen molar-refractivity contribution >= 4 is 27.5 Å². The monoisotopic (exact) mass is 360 g/mol. The van der Waals surface area contributed by atoms with Gasteiger partial charge in [-0.05, 0) is 43.6 Å². The molecule has 1 aromatic rings. The smallest absolute Gasteiger partial charge is 0.267 e. The quantitative estimate of drug-likeness (QED) is 0.794. The maximum Gasteiger partial charge on any atom is 0.267 e. The highest BCUT2D eigenvalue weighted by atomic mass is 32.2. The summed E-state index contributed by atoms with van der Waals surface area (Å²) in [7, 11) is -3.19. The van der Waals surface area contributed by atoms with E-state index in [0.29, 0.717) is 24.4 Å². The molecule has 130 valence electrons. The van der Waals surface area contributed by atoms with Crippen molar-refractivity contribution < 1.29 is 13.2 Å². The second kappa shape index (κ2) is 8.16. The van der Waals surface area contributed by atoms with Gasteiger partial charge >= 0.3 is 0 Å². The van der Waals surface area contributed by atoms with E-state index < -0.39 is 10.0 Å². The van der Waals surface area contributed by atoms with Crippen LogP contribution in [0.4, 0.5) is 0 Å². The summed E-state index contributed by atoms with van der Waals surface area (Å²) in [5.74, 6) is -0.00694. The van der Waals surface area contributed by atoms with Gasteiger partial charge in [-0.3, -0.25) is 4.79 Å². The fourth-order valence-corrected chi connectivity index (χ4v) is 4.03. The van der Waals surface area contributed by atoms with Crippen molar-refractivity contribution in [1.82, 2.24) is 19.2 Å². The molecule has 1 aromatic heterocycles. The van der Waals surface area contributed by atoms with Crippen molar-refractivity contribution in [2.45, 2.75) is 51.5 Å². The van der Waals surface area contributed by atoms with Crippen LogP contribution in [0.2, 0.25) is 0 Å². The van der Waals surface area contributed by atoms with Gasteiger partial charge in [0.15, 0.2) is 0 Å². The highest BCUT2D eigenvalue weighted by molar-refractivity contribution is 7.88. The fourth-order valence-electron chi connectivity index (χ4n) is 2.88. The SMILES string of the molecule is CCCc1nnsc1C(=O)N1CCCCC1CCNS(C)(=O)=O. The van der Waals surface area contributed by atoms with E-state index in [1.54, 1.807) is 0 Å². The molecule has 0 radical (unpaired) electrons. The number of carbonyl (C=O) groups excluding carboxylic acids is 1. The van der Waals surface area contributed by atoms with Crippen molar-refractivity contribution in [2.24, 2.45) is 0 Å². The summed E-state index contributed by atoms with van der Waals surface area (Å²) in [4.78, 5) is 15.4. The predicted octanol–water partition coefficient (Wildman–Crippen LogP) is 1.42. The average molecular weight is 361 g/mol. The van der Waals surface area contributed by atoms with Crippen LogP contribution in [0.3, 0.4) is 0 Å². The number of nitrogens with one attached hydrogen (secondary N) is 1. The van der Waals surface area contributed by atoms with Gasteiger partial charge < -0.3 is 4.90 Å². The number of amides is 1. The molecule has 1 saturated heterocycles. The first-order valence-corrected chi connectivity index (χ1v) is 10.7. The maximum atomic E-state index is 12.8. The molecule has 1 atom stereocenters. The lowest BCUT2D eigenvalue weighted by Crippen LogP contribution is -2.45. The molecule has 1 amide bonds. The third kappa shape index (κ3) is 5.22. The highest BCUT2D eigenvalue weighted by Gasteiger charge is 2.30. The van der Waals surface area contributed by atoms with E-state index in [-0.39, 0.29) is 11.9 Å². The zero-order chi connectivity index (χ0) is 16.9. The van der Waals surface area contributed by atoms with Crippen molar-refractivity contribution in [3.63, 3.8) is 0 Å². The van der Waals surface area contributed by atoms with Crippen LogP contribution in [-0.4, -0.2) is 54.2 Å². The number of aromatic nitrogens is 2. The van der Waals surface area contributed by atoms with Crippen LogP contribution >= 0.6 is 11.5 Å². The number of rotatable bonds is 7. The largest absolute Gasteiger partial charge is 0.335 e. The lowest BCUT2D eigenvalue weighted by molar-refractivity contribution is 0.0607. The van der Waals surface area contributed by atoms with E-state index in [2.05, 4.69) is 14.3 Å². The first-order valence-electron chi connectivity index (χ1n) is 7.99. The number of aryl methyl sites for hydroxylation is 1. The Morgan fingerprint density at radius 1 is 1.43 bits per heavy atom. The molecule has 1 aliphatic rings. The molecule has 0 aromatic carbocycles. The van der Waals surface area contributed by atoms with Crippen LogP contribution in [0, 0.1) is 0 Å². The predicted molar refractivity (Wildman–Crippen MR) is 90.0 cm³/mol. The van der Waals surface area contributed by atoms with Crippen LogP contribution in [0.25, 0.3) is 0 Å². The third-order valence-corrected chi connectivity index (χ3v) is 5.45. The molecule has 2 rings (SSSR count). The fraction of sp³-hybridized carbons (Fsp3) is 0.786. The number of hydrogen-bond donors (Lipinski definition) is 1. The lowest BCUT2D eigenvalue weighted by atomic mass is 9.99. The normalized spacial score (nSPS) is 19.0. The number of hydrogen-bond acceptors (Lipinski definition) is 6. The van der Waals surface area contributed by atoms with E-state index in [1.165, 1.54) is 0 Å². The third-order valence-electron chi connectivity index (χ3n) is 3.97. The highest BCUT2D eigenvalue weighted by Crippen LogP contribution is 2.24. The molecule has 2 heterocycles. The Morgan fingerprint density at radius 3 is 2.91 bits per heavy atom. The van der Waals surface area contributed by atoms with E-state index >= 15 is 0 Å². The molecule has 1 unspecified atom stereocenters. The van der Waals surface area contributed by atoms with Gasteiger partial charge in [0.1, 0.15) is 4.88 Å². The standard InChI is InChI=1S/C14H24N4O3S2/c1-3-6-12-13(22-17-16-12)14(19)18-10-5-4-7-11(18)8-9-15-23(2,20)21/h11,15H,3-10H2,1-2H3. The summed E-state index contributed by atoms with van der Waals surface area (Å²) < 4.78 is 28.8. The number of piperidine rings is 1. The van der Waals surface area contributed by atoms with Crippen LogP contribution < -0.4 is 4.72 Å². The lowest BCUT2D eigenvalue weighted by Gasteiger charge is -2.35. The van der Waals surface area contributed by atoms with E-state index in [4.69, 9.17) is 0 Å². The average Bonchev–Trinajstić information content (AvgIpc) is 2.94. The molecule has 0 aliphatic carbocycles. The Labute approximate surface area is 141 Å². The molecule has 9 heteroatoms. The van der Waals surface area contributed by atoms with Gasteiger partial charge in [-0.2, -0.15) is 0 Å². The second-order valence-electron chi connectivity index (χ2n) is 5.90. The molecule has 0 spiro atoms. The summed E-state index contributed by atoms with van der Waals surface area (Å²) in [6, 6.07) is 0.0714. The van der Waals surface area contributed by atoms with E-state index in [1.807, 2.05) is 11.8 Å². The van der Waals surface area contributed by atoms with Crippen molar-refractivity contribution in [3.05, 3.63) is 10.6 Å². The Morgan fingerprint density at radius 2 is 2.22 bits per heavy atom. The van der Waals surface area contributed by atoms with Gasteiger partial charge in [-0.1, -0.05) is 17.8 Å². The minimum Gasteiger partial charge on any atom is -0.335 e. The van der Waals surface area contributed by atoms with Gasteiger partial charge in [0.25, 0.3) is 5.91 Å². The summed E-state index contributed by atoms with van der Waals surface area (Å²) in [6.45, 7) is 3.12. The van der Waals surface area contributed by atoms with Crippen molar-refractivity contribution in [2.75, 3.05) is 19.3 Å². The van der Waals surface area contributed by atoms with Gasteiger partial charge in [0, 0.05) is 19.1 Å². The minimum absolute atomic E-state index is 0.00694. The van der Waals surface area contributed by atoms with Gasteiger partial charge in [-0.25, -0.2) is 13.1 Å². The molecule has 1 N–H and O–H groups in total. The van der Waals surface area contributed by atoms with E-state index in [9.17, 15) is 13.2 Å². The molecule has 0 bridgehead atoms. The Hall–Kier alpha value is -1.06. The van der Waals surface area contributed by atoms with Gasteiger partial charge in [0.2, 0.25) is 10.0 Å². The molecule has 7 nitrogen and oxygen atoms in total. The first kappa shape index (κ1) is 18.3. The second-order valence-corrected chi connectivity index (χ2v) is 8.49. The number of sulfonamides is 1. The maximum absolute atomic E-state index is 12.8. The summed E-state index contributed by atoms with van der Waals surface area (Å²) in [5.41, 5.74) is 0.779. The van der Waals surface area contributed by atoms with Gasteiger partial charge in [0.05, 0.1) is 11.9 Å². The summed E-state index contributed by atoms with van der Waals surface area (Å²) >= 11 is 1.16. The topological polar surface area (TPSA) is 92.3 Å². The van der Waals surface area contributed by atoms with Crippen LogP contribution in [0.15, 0.2) is 0 Å². The zero-order valence-electron chi connectivity index (χ0n) is 13.6. The van der Waals surface area contributed by atoms with Gasteiger partial charge in [-0.15, -0.1) is 5.10 Å². The zero-order valence-corrected chi connectivity index (χ0v) is 15.3. The number of likely N-dealkylation sites (tertiary alicyclic amines) is 1. The first-order chi connectivity index (χ1) is 10.9. The van der Waals surface area contributed by atoms with Crippen molar-refractivity contribution in [1.29, 1.82) is 0 Å². The Kier molecular flexibility index (Phi) is 6.49. The molecule has 1 fully saturated rings. The molecule has 0 saturated carbocycles. The molecule has 1 aliphatic heterocycles. The minimum atomic E-state index is -3.19.